The molecule has 0 aliphatic heterocycles. The van der Waals surface area contributed by atoms with Crippen LogP contribution < -0.4 is 5.32 Å². The van der Waals surface area contributed by atoms with Crippen molar-refractivity contribution in [1.29, 1.82) is 0 Å². The number of carbonyl (C=O) groups excluding carboxylic acids is 1. The summed E-state index contributed by atoms with van der Waals surface area (Å²) in [6.45, 7) is 3.96. The van der Waals surface area contributed by atoms with Crippen LogP contribution in [-0.2, 0) is 12.1 Å². The SMILES string of the molecule is CC(C)(O)c1ccc(CNC(=O)c2ccc(-c3ccccc3)cc2)cc1. The zero-order chi connectivity index (χ0) is 18.6. The van der Waals surface area contributed by atoms with Crippen LogP contribution in [0.4, 0.5) is 0 Å². The smallest absolute Gasteiger partial charge is 0.251 e. The number of rotatable bonds is 5. The van der Waals surface area contributed by atoms with Crippen molar-refractivity contribution in [3.63, 3.8) is 0 Å². The molecule has 2 N–H and O–H groups in total. The summed E-state index contributed by atoms with van der Waals surface area (Å²) in [5.41, 5.74) is 3.84. The van der Waals surface area contributed by atoms with Gasteiger partial charge in [-0.3, -0.25) is 4.79 Å². The Hall–Kier alpha value is -2.91. The van der Waals surface area contributed by atoms with Crippen LogP contribution in [-0.4, -0.2) is 11.0 Å². The molecule has 0 spiro atoms. The van der Waals surface area contributed by atoms with Crippen LogP contribution in [0, 0.1) is 0 Å². The molecule has 1 amide bonds. The Balaban J connectivity index is 1.61. The first kappa shape index (κ1) is 17.9. The second-order valence-corrected chi connectivity index (χ2v) is 6.88. The Morgan fingerprint density at radius 3 is 2.00 bits per heavy atom. The highest BCUT2D eigenvalue weighted by atomic mass is 16.3. The lowest BCUT2D eigenvalue weighted by Crippen LogP contribution is -2.23. The molecule has 26 heavy (non-hydrogen) atoms. The molecule has 0 heterocycles. The van der Waals surface area contributed by atoms with Crippen molar-refractivity contribution in [3.8, 4) is 11.1 Å². The zero-order valence-electron chi connectivity index (χ0n) is 15.1. The van der Waals surface area contributed by atoms with Gasteiger partial charge in [0.05, 0.1) is 5.60 Å². The number of carbonyl (C=O) groups is 1. The predicted molar refractivity (Wildman–Crippen MR) is 105 cm³/mol. The Morgan fingerprint density at radius 1 is 0.846 bits per heavy atom. The summed E-state index contributed by atoms with van der Waals surface area (Å²) in [6, 6.07) is 25.3. The van der Waals surface area contributed by atoms with Crippen molar-refractivity contribution in [2.24, 2.45) is 0 Å². The molecule has 0 radical (unpaired) electrons. The Kier molecular flexibility index (Phi) is 5.19. The van der Waals surface area contributed by atoms with Gasteiger partial charge >= 0.3 is 0 Å². The molecule has 0 saturated heterocycles. The van der Waals surface area contributed by atoms with Gasteiger partial charge in [-0.15, -0.1) is 0 Å². The molecule has 3 rings (SSSR count). The number of amides is 1. The van der Waals surface area contributed by atoms with Gasteiger partial charge in [0.2, 0.25) is 0 Å². The van der Waals surface area contributed by atoms with E-state index >= 15 is 0 Å². The van der Waals surface area contributed by atoms with Gasteiger partial charge in [0.1, 0.15) is 0 Å². The van der Waals surface area contributed by atoms with Crippen molar-refractivity contribution in [2.45, 2.75) is 26.0 Å². The van der Waals surface area contributed by atoms with Gasteiger partial charge in [-0.05, 0) is 48.2 Å². The molecule has 0 aliphatic rings. The lowest BCUT2D eigenvalue weighted by Gasteiger charge is -2.18. The minimum atomic E-state index is -0.859. The van der Waals surface area contributed by atoms with E-state index in [9.17, 15) is 9.90 Å². The summed E-state index contributed by atoms with van der Waals surface area (Å²) in [5, 5.41) is 12.9. The molecule has 3 nitrogen and oxygen atoms in total. The maximum absolute atomic E-state index is 12.3. The van der Waals surface area contributed by atoms with Crippen LogP contribution in [0.25, 0.3) is 11.1 Å². The minimum absolute atomic E-state index is 0.101. The van der Waals surface area contributed by atoms with E-state index in [1.165, 1.54) is 0 Å². The van der Waals surface area contributed by atoms with Gasteiger partial charge < -0.3 is 10.4 Å². The third-order valence-corrected chi connectivity index (χ3v) is 4.37. The molecule has 0 saturated carbocycles. The normalized spacial score (nSPS) is 11.2. The van der Waals surface area contributed by atoms with E-state index in [-0.39, 0.29) is 5.91 Å². The third kappa shape index (κ3) is 4.38. The fourth-order valence-electron chi connectivity index (χ4n) is 2.76. The molecule has 0 bridgehead atoms. The summed E-state index contributed by atoms with van der Waals surface area (Å²) in [7, 11) is 0. The van der Waals surface area contributed by atoms with Crippen LogP contribution >= 0.6 is 0 Å². The van der Waals surface area contributed by atoms with Gasteiger partial charge in [0, 0.05) is 12.1 Å². The summed E-state index contributed by atoms with van der Waals surface area (Å²) in [4.78, 5) is 12.3. The topological polar surface area (TPSA) is 49.3 Å². The van der Waals surface area contributed by atoms with Gasteiger partial charge in [0.15, 0.2) is 0 Å². The highest BCUT2D eigenvalue weighted by molar-refractivity contribution is 5.94. The van der Waals surface area contributed by atoms with Crippen molar-refractivity contribution >= 4 is 5.91 Å². The monoisotopic (exact) mass is 345 g/mol. The van der Waals surface area contributed by atoms with Crippen molar-refractivity contribution in [3.05, 3.63) is 95.6 Å². The molecular formula is C23H23NO2. The van der Waals surface area contributed by atoms with Gasteiger partial charge in [-0.2, -0.15) is 0 Å². The van der Waals surface area contributed by atoms with Crippen LogP contribution in [0.1, 0.15) is 35.3 Å². The molecule has 0 aromatic heterocycles. The number of nitrogens with one attached hydrogen (secondary N) is 1. The highest BCUT2D eigenvalue weighted by Gasteiger charge is 2.15. The van der Waals surface area contributed by atoms with Gasteiger partial charge in [0.25, 0.3) is 5.91 Å². The average molecular weight is 345 g/mol. The zero-order valence-corrected chi connectivity index (χ0v) is 15.1. The molecule has 132 valence electrons. The molecule has 0 unspecified atom stereocenters. The molecule has 3 aromatic rings. The van der Waals surface area contributed by atoms with E-state index in [1.54, 1.807) is 13.8 Å². The number of hydrogen-bond acceptors (Lipinski definition) is 2. The summed E-state index contributed by atoms with van der Waals surface area (Å²) in [5.74, 6) is -0.101. The quantitative estimate of drug-likeness (QED) is 0.715. The summed E-state index contributed by atoms with van der Waals surface area (Å²) < 4.78 is 0. The predicted octanol–water partition coefficient (Wildman–Crippen LogP) is 4.51. The van der Waals surface area contributed by atoms with E-state index in [2.05, 4.69) is 5.32 Å². The second-order valence-electron chi connectivity index (χ2n) is 6.88. The van der Waals surface area contributed by atoms with E-state index in [0.29, 0.717) is 12.1 Å². The van der Waals surface area contributed by atoms with Crippen molar-refractivity contribution in [1.82, 2.24) is 5.32 Å². The highest BCUT2D eigenvalue weighted by Crippen LogP contribution is 2.20. The third-order valence-electron chi connectivity index (χ3n) is 4.37. The van der Waals surface area contributed by atoms with Crippen LogP contribution in [0.15, 0.2) is 78.9 Å². The molecule has 0 atom stereocenters. The Bertz CT molecular complexity index is 861. The standard InChI is InChI=1S/C23H23NO2/c1-23(2,26)21-14-8-17(9-15-21)16-24-22(25)20-12-10-19(11-13-20)18-6-4-3-5-7-18/h3-15,26H,16H2,1-2H3,(H,24,25). The lowest BCUT2D eigenvalue weighted by atomic mass is 9.97. The summed E-state index contributed by atoms with van der Waals surface area (Å²) >= 11 is 0. The van der Waals surface area contributed by atoms with E-state index < -0.39 is 5.60 Å². The van der Waals surface area contributed by atoms with E-state index in [1.807, 2.05) is 78.9 Å². The Labute approximate surface area is 154 Å². The molecule has 0 aliphatic carbocycles. The van der Waals surface area contributed by atoms with Gasteiger partial charge in [-0.25, -0.2) is 0 Å². The van der Waals surface area contributed by atoms with Crippen LogP contribution in [0.3, 0.4) is 0 Å². The fourth-order valence-corrected chi connectivity index (χ4v) is 2.76. The van der Waals surface area contributed by atoms with Crippen LogP contribution in [0.2, 0.25) is 0 Å². The Morgan fingerprint density at radius 2 is 1.42 bits per heavy atom. The van der Waals surface area contributed by atoms with Crippen molar-refractivity contribution < 1.29 is 9.90 Å². The maximum atomic E-state index is 12.3. The second kappa shape index (κ2) is 7.54. The average Bonchev–Trinajstić information content (AvgIpc) is 2.66. The molecule has 0 fully saturated rings. The number of benzene rings is 3. The first-order valence-electron chi connectivity index (χ1n) is 8.69. The van der Waals surface area contributed by atoms with E-state index in [4.69, 9.17) is 0 Å². The lowest BCUT2D eigenvalue weighted by molar-refractivity contribution is 0.0785. The van der Waals surface area contributed by atoms with Crippen LogP contribution in [0.5, 0.6) is 0 Å². The minimum Gasteiger partial charge on any atom is -0.386 e. The van der Waals surface area contributed by atoms with Gasteiger partial charge in [-0.1, -0.05) is 66.7 Å². The number of aliphatic hydroxyl groups is 1. The molecular weight excluding hydrogens is 322 g/mol. The first-order chi connectivity index (χ1) is 12.4. The first-order valence-corrected chi connectivity index (χ1v) is 8.69. The largest absolute Gasteiger partial charge is 0.386 e. The molecule has 3 aromatic carbocycles. The fraction of sp³-hybridized carbons (Fsp3) is 0.174. The summed E-state index contributed by atoms with van der Waals surface area (Å²) in [6.07, 6.45) is 0. The number of hydrogen-bond donors (Lipinski definition) is 2. The molecule has 3 heteroatoms. The van der Waals surface area contributed by atoms with Crippen molar-refractivity contribution in [2.75, 3.05) is 0 Å². The maximum Gasteiger partial charge on any atom is 0.251 e. The van der Waals surface area contributed by atoms with E-state index in [0.717, 1.165) is 22.3 Å².